The molecule has 0 bridgehead atoms. The summed E-state index contributed by atoms with van der Waals surface area (Å²) in [5.74, 6) is 0. The van der Waals surface area contributed by atoms with Gasteiger partial charge in [0.2, 0.25) is 0 Å². The van der Waals surface area contributed by atoms with Crippen molar-refractivity contribution in [2.45, 2.75) is 5.41 Å². The molecule has 0 atom stereocenters. The summed E-state index contributed by atoms with van der Waals surface area (Å²) in [7, 11) is 0. The number of hydrogen-bond acceptors (Lipinski definition) is 2. The molecule has 0 saturated carbocycles. The third-order valence-corrected chi connectivity index (χ3v) is 14.4. The molecule has 3 nitrogen and oxygen atoms in total. The summed E-state index contributed by atoms with van der Waals surface area (Å²) in [6.07, 6.45) is 0. The minimum Gasteiger partial charge on any atom is -0.456 e. The molecule has 0 saturated heterocycles. The molecule has 1 aliphatic rings. The fraction of sp³-hybridized carbons (Fsp3) is 0.0154. The molecule has 68 heavy (non-hydrogen) atoms. The second kappa shape index (κ2) is 15.1. The Hall–Kier alpha value is -8.92. The number of benzene rings is 11. The fourth-order valence-electron chi connectivity index (χ4n) is 11.7. The molecule has 13 aromatic rings. The molecule has 0 aliphatic heterocycles. The van der Waals surface area contributed by atoms with Crippen molar-refractivity contribution in [1.29, 1.82) is 0 Å². The summed E-state index contributed by atoms with van der Waals surface area (Å²) in [5, 5.41) is 6.96. The van der Waals surface area contributed by atoms with Crippen LogP contribution in [0, 0.1) is 0 Å². The minimum absolute atomic E-state index is 0.554. The van der Waals surface area contributed by atoms with Gasteiger partial charge in [-0.05, 0) is 105 Å². The van der Waals surface area contributed by atoms with Gasteiger partial charge in [-0.2, -0.15) is 0 Å². The molecule has 2 aromatic heterocycles. The van der Waals surface area contributed by atoms with E-state index in [1.54, 1.807) is 0 Å². The lowest BCUT2D eigenvalue weighted by atomic mass is 9.68. The van der Waals surface area contributed by atoms with Crippen LogP contribution in [0.2, 0.25) is 0 Å². The summed E-state index contributed by atoms with van der Waals surface area (Å²) in [4.78, 5) is 2.54. The lowest BCUT2D eigenvalue weighted by molar-refractivity contribution is 0.669. The van der Waals surface area contributed by atoms with Gasteiger partial charge >= 0.3 is 0 Å². The van der Waals surface area contributed by atoms with Crippen LogP contribution in [-0.4, -0.2) is 4.57 Å². The van der Waals surface area contributed by atoms with E-state index in [-0.39, 0.29) is 0 Å². The zero-order valence-corrected chi connectivity index (χ0v) is 37.1. The van der Waals surface area contributed by atoms with Crippen LogP contribution in [0.1, 0.15) is 22.3 Å². The van der Waals surface area contributed by atoms with E-state index in [1.165, 1.54) is 60.4 Å². The Kier molecular flexibility index (Phi) is 8.50. The quantitative estimate of drug-likeness (QED) is 0.159. The Morgan fingerprint density at radius 2 is 1.00 bits per heavy atom. The average Bonchev–Trinajstić information content (AvgIpc) is 4.07. The van der Waals surface area contributed by atoms with E-state index in [4.69, 9.17) is 4.42 Å². The van der Waals surface area contributed by atoms with Gasteiger partial charge in [0, 0.05) is 43.9 Å². The van der Waals surface area contributed by atoms with Gasteiger partial charge in [0.05, 0.1) is 27.8 Å². The standard InChI is InChI=1S/C65H42N2O/c1-5-22-45(23-6-1)65(46-24-7-2-8-25-46)54-34-17-15-31-51(54)62-55(65)35-20-36-57(62)66(47-26-9-3-10-27-47)58-42-43-21-13-14-30-50(43)64-63(58)53-41-44(39-40-56(53)67(64)48-28-11-4-12-29-48)49-33-19-38-60-61(49)52-32-16-18-37-59(52)68-60/h1-42H. The molecule has 2 heterocycles. The van der Waals surface area contributed by atoms with Crippen LogP contribution in [0.5, 0.6) is 0 Å². The number of aromatic nitrogens is 1. The molecule has 11 aromatic carbocycles. The van der Waals surface area contributed by atoms with Crippen LogP contribution in [0.3, 0.4) is 0 Å². The number of anilines is 3. The predicted molar refractivity (Wildman–Crippen MR) is 283 cm³/mol. The van der Waals surface area contributed by atoms with Crippen molar-refractivity contribution in [3.63, 3.8) is 0 Å². The minimum atomic E-state index is -0.554. The maximum absolute atomic E-state index is 6.45. The van der Waals surface area contributed by atoms with Crippen LogP contribution >= 0.6 is 0 Å². The van der Waals surface area contributed by atoms with E-state index >= 15 is 0 Å². The van der Waals surface area contributed by atoms with Crippen molar-refractivity contribution in [2.24, 2.45) is 0 Å². The maximum atomic E-state index is 6.45. The van der Waals surface area contributed by atoms with Crippen molar-refractivity contribution < 1.29 is 4.42 Å². The molecule has 0 spiro atoms. The molecule has 14 rings (SSSR count). The Morgan fingerprint density at radius 1 is 0.397 bits per heavy atom. The lowest BCUT2D eigenvalue weighted by Crippen LogP contribution is -2.28. The molecule has 318 valence electrons. The molecule has 0 amide bonds. The first-order valence-corrected chi connectivity index (χ1v) is 23.4. The number of fused-ring (bicyclic) bond motifs is 11. The Balaban J connectivity index is 1.13. The van der Waals surface area contributed by atoms with E-state index in [1.807, 2.05) is 6.07 Å². The highest BCUT2D eigenvalue weighted by molar-refractivity contribution is 6.26. The third kappa shape index (κ3) is 5.47. The molecule has 0 fully saturated rings. The van der Waals surface area contributed by atoms with E-state index in [0.717, 1.165) is 61.3 Å². The van der Waals surface area contributed by atoms with Crippen LogP contribution in [-0.2, 0) is 5.41 Å². The Labute approximate surface area is 394 Å². The van der Waals surface area contributed by atoms with Crippen LogP contribution in [0.25, 0.3) is 82.5 Å². The second-order valence-corrected chi connectivity index (χ2v) is 17.9. The van der Waals surface area contributed by atoms with Gasteiger partial charge in [-0.15, -0.1) is 0 Å². The first kappa shape index (κ1) is 38.4. The molecule has 0 radical (unpaired) electrons. The van der Waals surface area contributed by atoms with Gasteiger partial charge in [-0.1, -0.05) is 194 Å². The van der Waals surface area contributed by atoms with E-state index < -0.39 is 5.41 Å². The molecular formula is C65H42N2O. The van der Waals surface area contributed by atoms with Crippen molar-refractivity contribution in [2.75, 3.05) is 4.90 Å². The van der Waals surface area contributed by atoms with E-state index in [2.05, 4.69) is 258 Å². The third-order valence-electron chi connectivity index (χ3n) is 14.4. The summed E-state index contributed by atoms with van der Waals surface area (Å²) in [5.41, 5.74) is 17.7. The number of rotatable bonds is 7. The van der Waals surface area contributed by atoms with Crippen LogP contribution in [0.15, 0.2) is 259 Å². The molecule has 1 aliphatic carbocycles. The molecule has 0 unspecified atom stereocenters. The summed E-state index contributed by atoms with van der Waals surface area (Å²) < 4.78 is 8.94. The first-order valence-electron chi connectivity index (χ1n) is 23.4. The average molecular weight is 867 g/mol. The lowest BCUT2D eigenvalue weighted by Gasteiger charge is -2.34. The van der Waals surface area contributed by atoms with Gasteiger partial charge in [0.15, 0.2) is 0 Å². The van der Waals surface area contributed by atoms with Crippen molar-refractivity contribution >= 4 is 71.6 Å². The highest BCUT2D eigenvalue weighted by Gasteiger charge is 2.47. The van der Waals surface area contributed by atoms with E-state index in [0.29, 0.717) is 0 Å². The second-order valence-electron chi connectivity index (χ2n) is 17.9. The number of para-hydroxylation sites is 3. The van der Waals surface area contributed by atoms with Gasteiger partial charge in [0.25, 0.3) is 0 Å². The SMILES string of the molecule is c1ccc(N(c2cccc3c2-c2ccccc2C3(c2ccccc2)c2ccccc2)c2cc3ccccc3c3c2c2cc(-c4cccc5oc6ccccc6c45)ccc2n3-c2ccccc2)cc1. The zero-order valence-electron chi connectivity index (χ0n) is 37.1. The highest BCUT2D eigenvalue weighted by Crippen LogP contribution is 2.60. The molecule has 3 heteroatoms. The fourth-order valence-corrected chi connectivity index (χ4v) is 11.7. The van der Waals surface area contributed by atoms with Gasteiger partial charge in [-0.25, -0.2) is 0 Å². The monoisotopic (exact) mass is 866 g/mol. The topological polar surface area (TPSA) is 21.3 Å². The van der Waals surface area contributed by atoms with Crippen LogP contribution < -0.4 is 4.90 Å². The van der Waals surface area contributed by atoms with Crippen molar-refractivity contribution in [3.8, 4) is 27.9 Å². The Bertz CT molecular complexity index is 4040. The first-order chi connectivity index (χ1) is 33.8. The zero-order chi connectivity index (χ0) is 44.8. The van der Waals surface area contributed by atoms with Gasteiger partial charge < -0.3 is 13.9 Å². The molecular weight excluding hydrogens is 825 g/mol. The highest BCUT2D eigenvalue weighted by atomic mass is 16.3. The number of nitrogens with zero attached hydrogens (tertiary/aromatic N) is 2. The van der Waals surface area contributed by atoms with Gasteiger partial charge in [-0.3, -0.25) is 0 Å². The normalized spacial score (nSPS) is 12.8. The van der Waals surface area contributed by atoms with Crippen LogP contribution in [0.4, 0.5) is 17.1 Å². The summed E-state index contributed by atoms with van der Waals surface area (Å²) in [6.45, 7) is 0. The van der Waals surface area contributed by atoms with Crippen molar-refractivity contribution in [3.05, 3.63) is 277 Å². The van der Waals surface area contributed by atoms with E-state index in [9.17, 15) is 0 Å². The Morgan fingerprint density at radius 3 is 1.78 bits per heavy atom. The largest absolute Gasteiger partial charge is 0.456 e. The van der Waals surface area contributed by atoms with Gasteiger partial charge in [0.1, 0.15) is 11.2 Å². The van der Waals surface area contributed by atoms with Crippen molar-refractivity contribution in [1.82, 2.24) is 4.57 Å². The number of furan rings is 1. The smallest absolute Gasteiger partial charge is 0.136 e. The molecule has 0 N–H and O–H groups in total. The number of hydrogen-bond donors (Lipinski definition) is 0. The summed E-state index contributed by atoms with van der Waals surface area (Å²) in [6, 6.07) is 93.2. The maximum Gasteiger partial charge on any atom is 0.136 e. The summed E-state index contributed by atoms with van der Waals surface area (Å²) >= 11 is 0. The predicted octanol–water partition coefficient (Wildman–Crippen LogP) is 17.3.